The molecule has 1 fully saturated rings. The number of anilines is 1. The van der Waals surface area contributed by atoms with Crippen molar-refractivity contribution in [1.82, 2.24) is 9.88 Å². The van der Waals surface area contributed by atoms with E-state index >= 15 is 0 Å². The first-order valence-corrected chi connectivity index (χ1v) is 7.96. The van der Waals surface area contributed by atoms with Gasteiger partial charge in [0.1, 0.15) is 18.5 Å². The smallest absolute Gasteiger partial charge is 0.119 e. The minimum atomic E-state index is -0.0253. The molecule has 0 radical (unpaired) electrons. The van der Waals surface area contributed by atoms with Gasteiger partial charge in [-0.1, -0.05) is 18.2 Å². The largest absolute Gasteiger partial charge is 0.492 e. The molecule has 1 saturated heterocycles. The van der Waals surface area contributed by atoms with Gasteiger partial charge in [0.05, 0.1) is 12.3 Å². The molecule has 1 aromatic heterocycles. The van der Waals surface area contributed by atoms with Crippen molar-refractivity contribution in [2.24, 2.45) is 0 Å². The molecule has 0 bridgehead atoms. The molecular weight excluding hydrogens is 290 g/mol. The maximum atomic E-state index is 5.92. The van der Waals surface area contributed by atoms with E-state index in [4.69, 9.17) is 15.2 Å². The third-order valence-electron chi connectivity index (χ3n) is 3.90. The van der Waals surface area contributed by atoms with Crippen LogP contribution in [0.5, 0.6) is 5.75 Å². The average Bonchev–Trinajstić information content (AvgIpc) is 2.55. The Labute approximate surface area is 137 Å². The summed E-state index contributed by atoms with van der Waals surface area (Å²) in [5, 5.41) is 0. The van der Waals surface area contributed by atoms with Crippen LogP contribution in [0.4, 0.5) is 5.69 Å². The van der Waals surface area contributed by atoms with E-state index in [1.54, 1.807) is 0 Å². The lowest BCUT2D eigenvalue weighted by atomic mass is 10.1. The van der Waals surface area contributed by atoms with Gasteiger partial charge in [-0.2, -0.15) is 0 Å². The summed E-state index contributed by atoms with van der Waals surface area (Å²) < 4.78 is 11.6. The first-order valence-electron chi connectivity index (χ1n) is 7.96. The van der Waals surface area contributed by atoms with Crippen LogP contribution < -0.4 is 10.5 Å². The molecule has 122 valence electrons. The molecule has 2 heterocycles. The lowest BCUT2D eigenvalue weighted by Gasteiger charge is -2.32. The number of aromatic nitrogens is 1. The van der Waals surface area contributed by atoms with Crippen molar-refractivity contribution in [2.75, 3.05) is 38.6 Å². The number of para-hydroxylation sites is 1. The van der Waals surface area contributed by atoms with Crippen molar-refractivity contribution in [2.45, 2.75) is 13.0 Å². The monoisotopic (exact) mass is 313 g/mol. The molecule has 2 aromatic rings. The van der Waals surface area contributed by atoms with Crippen molar-refractivity contribution < 1.29 is 9.47 Å². The molecule has 23 heavy (non-hydrogen) atoms. The molecule has 0 aliphatic carbocycles. The Morgan fingerprint density at radius 1 is 1.30 bits per heavy atom. The van der Waals surface area contributed by atoms with E-state index in [0.717, 1.165) is 42.5 Å². The zero-order valence-electron chi connectivity index (χ0n) is 13.4. The Kier molecular flexibility index (Phi) is 5.10. The van der Waals surface area contributed by atoms with E-state index in [1.807, 2.05) is 49.4 Å². The van der Waals surface area contributed by atoms with Gasteiger partial charge in [-0.15, -0.1) is 0 Å². The standard InChI is InChI=1S/C18H23N3O2/c1-14-11-15(19)12-17(20-14)18-13-21(8-10-23-18)7-9-22-16-5-3-2-4-6-16/h2-6,11-12,18H,7-10,13H2,1H3,(H2,19,20)/t18-/m1/s1. The zero-order valence-corrected chi connectivity index (χ0v) is 13.4. The maximum Gasteiger partial charge on any atom is 0.119 e. The van der Waals surface area contributed by atoms with E-state index in [0.29, 0.717) is 13.2 Å². The quantitative estimate of drug-likeness (QED) is 0.918. The van der Waals surface area contributed by atoms with Crippen molar-refractivity contribution in [3.05, 3.63) is 53.9 Å². The van der Waals surface area contributed by atoms with Crippen molar-refractivity contribution in [3.63, 3.8) is 0 Å². The number of nitrogens with zero attached hydrogens (tertiary/aromatic N) is 2. The van der Waals surface area contributed by atoms with Crippen LogP contribution >= 0.6 is 0 Å². The number of nitrogens with two attached hydrogens (primary N) is 1. The summed E-state index contributed by atoms with van der Waals surface area (Å²) >= 11 is 0. The first-order chi connectivity index (χ1) is 11.2. The van der Waals surface area contributed by atoms with Gasteiger partial charge in [0.25, 0.3) is 0 Å². The van der Waals surface area contributed by atoms with Crippen LogP contribution in [0.1, 0.15) is 17.5 Å². The molecule has 5 nitrogen and oxygen atoms in total. The molecular formula is C18H23N3O2. The first kappa shape index (κ1) is 15.8. The fraction of sp³-hybridized carbons (Fsp3) is 0.389. The van der Waals surface area contributed by atoms with Gasteiger partial charge in [-0.25, -0.2) is 0 Å². The van der Waals surface area contributed by atoms with Gasteiger partial charge in [0.15, 0.2) is 0 Å². The molecule has 1 aliphatic rings. The summed E-state index contributed by atoms with van der Waals surface area (Å²) in [7, 11) is 0. The second-order valence-electron chi connectivity index (χ2n) is 5.79. The van der Waals surface area contributed by atoms with Gasteiger partial charge in [-0.3, -0.25) is 9.88 Å². The Bertz CT molecular complexity index is 613. The molecule has 0 spiro atoms. The topological polar surface area (TPSA) is 60.6 Å². The number of morpholine rings is 1. The Morgan fingerprint density at radius 2 is 2.13 bits per heavy atom. The Morgan fingerprint density at radius 3 is 2.91 bits per heavy atom. The van der Waals surface area contributed by atoms with Crippen LogP contribution in [-0.4, -0.2) is 42.7 Å². The van der Waals surface area contributed by atoms with E-state index in [9.17, 15) is 0 Å². The molecule has 1 atom stereocenters. The van der Waals surface area contributed by atoms with Crippen LogP contribution in [0.3, 0.4) is 0 Å². The number of aryl methyl sites for hydroxylation is 1. The summed E-state index contributed by atoms with van der Waals surface area (Å²) in [6.45, 7) is 5.92. The summed E-state index contributed by atoms with van der Waals surface area (Å²) in [5.74, 6) is 0.908. The van der Waals surface area contributed by atoms with Crippen molar-refractivity contribution in [3.8, 4) is 5.75 Å². The normalized spacial score (nSPS) is 18.7. The summed E-state index contributed by atoms with van der Waals surface area (Å²) in [6.07, 6.45) is -0.0253. The minimum Gasteiger partial charge on any atom is -0.492 e. The fourth-order valence-electron chi connectivity index (χ4n) is 2.78. The van der Waals surface area contributed by atoms with E-state index < -0.39 is 0 Å². The highest BCUT2D eigenvalue weighted by atomic mass is 16.5. The van der Waals surface area contributed by atoms with E-state index in [1.165, 1.54) is 0 Å². The van der Waals surface area contributed by atoms with Crippen LogP contribution in [0.15, 0.2) is 42.5 Å². The van der Waals surface area contributed by atoms with Crippen LogP contribution in [0, 0.1) is 6.92 Å². The molecule has 2 N–H and O–H groups in total. The molecule has 3 rings (SSSR count). The molecule has 5 heteroatoms. The highest BCUT2D eigenvalue weighted by Crippen LogP contribution is 2.22. The zero-order chi connectivity index (χ0) is 16.1. The van der Waals surface area contributed by atoms with Crippen molar-refractivity contribution >= 4 is 5.69 Å². The second-order valence-corrected chi connectivity index (χ2v) is 5.79. The highest BCUT2D eigenvalue weighted by molar-refractivity contribution is 5.40. The third-order valence-corrected chi connectivity index (χ3v) is 3.90. The molecule has 0 amide bonds. The number of ether oxygens (including phenoxy) is 2. The van der Waals surface area contributed by atoms with Crippen LogP contribution in [0.25, 0.3) is 0 Å². The lowest BCUT2D eigenvalue weighted by molar-refractivity contribution is -0.0349. The third kappa shape index (κ3) is 4.43. The molecule has 1 aromatic carbocycles. The highest BCUT2D eigenvalue weighted by Gasteiger charge is 2.23. The number of pyridine rings is 1. The van der Waals surface area contributed by atoms with Gasteiger partial charge < -0.3 is 15.2 Å². The van der Waals surface area contributed by atoms with Crippen molar-refractivity contribution in [1.29, 1.82) is 0 Å². The minimum absolute atomic E-state index is 0.0253. The summed E-state index contributed by atoms with van der Waals surface area (Å²) in [6, 6.07) is 13.7. The molecule has 0 unspecified atom stereocenters. The molecule has 1 aliphatic heterocycles. The number of benzene rings is 1. The average molecular weight is 313 g/mol. The summed E-state index contributed by atoms with van der Waals surface area (Å²) in [4.78, 5) is 6.90. The SMILES string of the molecule is Cc1cc(N)cc([C@H]2CN(CCOc3ccccc3)CCO2)n1. The number of hydrogen-bond donors (Lipinski definition) is 1. The van der Waals surface area contributed by atoms with E-state index in [2.05, 4.69) is 9.88 Å². The number of rotatable bonds is 5. The fourth-order valence-corrected chi connectivity index (χ4v) is 2.78. The van der Waals surface area contributed by atoms with Gasteiger partial charge in [-0.05, 0) is 31.2 Å². The second kappa shape index (κ2) is 7.44. The number of nitrogen functional groups attached to an aromatic ring is 1. The van der Waals surface area contributed by atoms with Gasteiger partial charge in [0, 0.05) is 31.0 Å². The maximum absolute atomic E-state index is 5.92. The van der Waals surface area contributed by atoms with Gasteiger partial charge >= 0.3 is 0 Å². The Balaban J connectivity index is 1.53. The number of hydrogen-bond acceptors (Lipinski definition) is 5. The molecule has 0 saturated carbocycles. The predicted molar refractivity (Wildman–Crippen MR) is 90.5 cm³/mol. The van der Waals surface area contributed by atoms with Crippen LogP contribution in [0.2, 0.25) is 0 Å². The summed E-state index contributed by atoms with van der Waals surface area (Å²) in [5.41, 5.74) is 8.49. The van der Waals surface area contributed by atoms with Gasteiger partial charge in [0.2, 0.25) is 0 Å². The Hall–Kier alpha value is -2.11. The lowest BCUT2D eigenvalue weighted by Crippen LogP contribution is -2.40. The van der Waals surface area contributed by atoms with Crippen LogP contribution in [-0.2, 0) is 4.74 Å². The van der Waals surface area contributed by atoms with E-state index in [-0.39, 0.29) is 6.10 Å². The predicted octanol–water partition coefficient (Wildman–Crippen LogP) is 2.42.